The van der Waals surface area contributed by atoms with Gasteiger partial charge in [-0.25, -0.2) is 9.18 Å². The highest BCUT2D eigenvalue weighted by Gasteiger charge is 2.24. The van der Waals surface area contributed by atoms with Gasteiger partial charge in [0, 0.05) is 26.2 Å². The quantitative estimate of drug-likeness (QED) is 0.640. The normalized spacial score (nSPS) is 16.5. The van der Waals surface area contributed by atoms with Crippen LogP contribution in [0.4, 0.5) is 9.18 Å². The van der Waals surface area contributed by atoms with E-state index in [4.69, 9.17) is 4.74 Å². The first-order valence-electron chi connectivity index (χ1n) is 11.1. The Morgan fingerprint density at radius 2 is 1.84 bits per heavy atom. The second-order valence-electron chi connectivity index (χ2n) is 8.93. The van der Waals surface area contributed by atoms with Crippen molar-refractivity contribution in [3.8, 4) is 5.75 Å². The molecule has 3 rings (SSSR count). The average molecular weight is 428 g/mol. The Morgan fingerprint density at radius 1 is 1.16 bits per heavy atom. The molecule has 0 spiro atoms. The van der Waals surface area contributed by atoms with Crippen LogP contribution in [-0.2, 0) is 13.1 Å². The molecule has 2 aromatic rings. The van der Waals surface area contributed by atoms with Crippen molar-refractivity contribution in [2.75, 3.05) is 33.3 Å². The number of rotatable bonds is 9. The van der Waals surface area contributed by atoms with Crippen LogP contribution in [0.2, 0.25) is 0 Å². The lowest BCUT2D eigenvalue weighted by atomic mass is 10.1. The van der Waals surface area contributed by atoms with E-state index >= 15 is 0 Å². The van der Waals surface area contributed by atoms with Crippen molar-refractivity contribution in [3.63, 3.8) is 0 Å². The number of likely N-dealkylation sites (tertiary alicyclic amines) is 1. The van der Waals surface area contributed by atoms with Crippen molar-refractivity contribution < 1.29 is 13.9 Å². The minimum Gasteiger partial charge on any atom is -0.493 e. The molecule has 6 heteroatoms. The first kappa shape index (κ1) is 23.1. The number of carbonyl (C=O) groups excluding carboxylic acids is 1. The summed E-state index contributed by atoms with van der Waals surface area (Å²) in [4.78, 5) is 17.1. The molecule has 0 aliphatic carbocycles. The SMILES string of the molecule is CC(C)COc1ccc(CNC(=O)N(Cc2ccc(F)cc2)C[C@H]2CCN(C)C2)cc1. The topological polar surface area (TPSA) is 44.8 Å². The summed E-state index contributed by atoms with van der Waals surface area (Å²) < 4.78 is 19.0. The van der Waals surface area contributed by atoms with Gasteiger partial charge in [0.15, 0.2) is 0 Å². The van der Waals surface area contributed by atoms with Crippen LogP contribution in [0.5, 0.6) is 5.75 Å². The molecular weight excluding hydrogens is 393 g/mol. The van der Waals surface area contributed by atoms with Gasteiger partial charge in [0.2, 0.25) is 0 Å². The molecule has 1 heterocycles. The molecule has 0 saturated carbocycles. The lowest BCUT2D eigenvalue weighted by molar-refractivity contribution is 0.184. The van der Waals surface area contributed by atoms with Gasteiger partial charge in [-0.1, -0.05) is 38.1 Å². The summed E-state index contributed by atoms with van der Waals surface area (Å²) in [5, 5.41) is 3.04. The van der Waals surface area contributed by atoms with Gasteiger partial charge in [0.25, 0.3) is 0 Å². The van der Waals surface area contributed by atoms with Crippen molar-refractivity contribution in [2.24, 2.45) is 11.8 Å². The monoisotopic (exact) mass is 427 g/mol. The molecule has 0 bridgehead atoms. The predicted molar refractivity (Wildman–Crippen MR) is 121 cm³/mol. The Hall–Kier alpha value is -2.60. The molecular formula is C25H34FN3O2. The van der Waals surface area contributed by atoms with E-state index < -0.39 is 0 Å². The highest BCUT2D eigenvalue weighted by molar-refractivity contribution is 5.74. The number of nitrogens with zero attached hydrogens (tertiary/aromatic N) is 2. The van der Waals surface area contributed by atoms with E-state index in [1.807, 2.05) is 29.2 Å². The smallest absolute Gasteiger partial charge is 0.317 e. The minimum atomic E-state index is -0.266. The molecule has 1 aliphatic heterocycles. The van der Waals surface area contributed by atoms with Crippen molar-refractivity contribution in [2.45, 2.75) is 33.4 Å². The standard InChI is InChI=1S/C25H34FN3O2/c1-19(2)18-31-24-10-6-20(7-11-24)14-27-25(30)29(17-22-12-13-28(3)15-22)16-21-4-8-23(26)9-5-21/h4-11,19,22H,12-18H2,1-3H3,(H,27,30)/t22-/m0/s1. The van der Waals surface area contributed by atoms with Crippen molar-refractivity contribution in [1.29, 1.82) is 0 Å². The van der Waals surface area contributed by atoms with Crippen molar-refractivity contribution in [3.05, 3.63) is 65.5 Å². The zero-order valence-corrected chi connectivity index (χ0v) is 18.8. The first-order chi connectivity index (χ1) is 14.9. The van der Waals surface area contributed by atoms with Gasteiger partial charge in [-0.3, -0.25) is 0 Å². The summed E-state index contributed by atoms with van der Waals surface area (Å²) in [5.74, 6) is 1.50. The van der Waals surface area contributed by atoms with E-state index in [0.717, 1.165) is 36.4 Å². The maximum absolute atomic E-state index is 13.3. The Kier molecular flexibility index (Phi) is 8.29. The number of carbonyl (C=O) groups is 1. The third kappa shape index (κ3) is 7.55. The highest BCUT2D eigenvalue weighted by Crippen LogP contribution is 2.18. The third-order valence-corrected chi connectivity index (χ3v) is 5.49. The fraction of sp³-hybridized carbons (Fsp3) is 0.480. The zero-order chi connectivity index (χ0) is 22.2. The van der Waals surface area contributed by atoms with Crippen molar-refractivity contribution in [1.82, 2.24) is 15.1 Å². The predicted octanol–water partition coefficient (Wildman–Crippen LogP) is 4.52. The molecule has 0 aromatic heterocycles. The second-order valence-corrected chi connectivity index (χ2v) is 8.93. The van der Waals surface area contributed by atoms with Crippen molar-refractivity contribution >= 4 is 6.03 Å². The van der Waals surface area contributed by atoms with E-state index in [0.29, 0.717) is 38.1 Å². The third-order valence-electron chi connectivity index (χ3n) is 5.49. The fourth-order valence-corrected chi connectivity index (χ4v) is 3.77. The van der Waals surface area contributed by atoms with Gasteiger partial charge in [0.05, 0.1) is 6.61 Å². The second kappa shape index (κ2) is 11.1. The van der Waals surface area contributed by atoms with Crippen LogP contribution in [0.25, 0.3) is 0 Å². The van der Waals surface area contributed by atoms with Gasteiger partial charge < -0.3 is 19.9 Å². The molecule has 1 saturated heterocycles. The number of hydrogen-bond acceptors (Lipinski definition) is 3. The van der Waals surface area contributed by atoms with Gasteiger partial charge in [-0.2, -0.15) is 0 Å². The highest BCUT2D eigenvalue weighted by atomic mass is 19.1. The lowest BCUT2D eigenvalue weighted by Gasteiger charge is -2.26. The summed E-state index contributed by atoms with van der Waals surface area (Å²) in [6.45, 7) is 8.58. The number of benzene rings is 2. The summed E-state index contributed by atoms with van der Waals surface area (Å²) in [7, 11) is 2.11. The molecule has 2 aromatic carbocycles. The maximum Gasteiger partial charge on any atom is 0.317 e. The number of amides is 2. The van der Waals surface area contributed by atoms with E-state index in [1.165, 1.54) is 12.1 Å². The molecule has 1 atom stereocenters. The Morgan fingerprint density at radius 3 is 2.45 bits per heavy atom. The van der Waals surface area contributed by atoms with Crippen LogP contribution < -0.4 is 10.1 Å². The summed E-state index contributed by atoms with van der Waals surface area (Å²) in [5.41, 5.74) is 1.95. The number of urea groups is 1. The average Bonchev–Trinajstić information content (AvgIpc) is 3.17. The molecule has 0 unspecified atom stereocenters. The van der Waals surface area contributed by atoms with E-state index in [1.54, 1.807) is 12.1 Å². The van der Waals surface area contributed by atoms with Gasteiger partial charge in [0.1, 0.15) is 11.6 Å². The number of hydrogen-bond donors (Lipinski definition) is 1. The minimum absolute atomic E-state index is 0.0981. The first-order valence-corrected chi connectivity index (χ1v) is 11.1. The lowest BCUT2D eigenvalue weighted by Crippen LogP contribution is -2.42. The number of nitrogens with one attached hydrogen (secondary N) is 1. The molecule has 1 aliphatic rings. The zero-order valence-electron chi connectivity index (χ0n) is 18.8. The fourth-order valence-electron chi connectivity index (χ4n) is 3.77. The van der Waals surface area contributed by atoms with Gasteiger partial charge >= 0.3 is 6.03 Å². The summed E-state index contributed by atoms with van der Waals surface area (Å²) in [6, 6.07) is 14.1. The van der Waals surface area contributed by atoms with Crippen LogP contribution in [0.15, 0.2) is 48.5 Å². The molecule has 1 fully saturated rings. The summed E-state index contributed by atoms with van der Waals surface area (Å²) in [6.07, 6.45) is 1.08. The van der Waals surface area contributed by atoms with Crippen LogP contribution in [-0.4, -0.2) is 49.1 Å². The van der Waals surface area contributed by atoms with E-state index in [-0.39, 0.29) is 11.8 Å². The van der Waals surface area contributed by atoms with Gasteiger partial charge in [-0.05, 0) is 67.2 Å². The molecule has 168 valence electrons. The van der Waals surface area contributed by atoms with Gasteiger partial charge in [-0.15, -0.1) is 0 Å². The molecule has 5 nitrogen and oxygen atoms in total. The van der Waals surface area contributed by atoms with Crippen LogP contribution in [0, 0.1) is 17.7 Å². The van der Waals surface area contributed by atoms with E-state index in [9.17, 15) is 9.18 Å². The maximum atomic E-state index is 13.3. The molecule has 31 heavy (non-hydrogen) atoms. The Bertz CT molecular complexity index is 824. The molecule has 2 amide bonds. The van der Waals surface area contributed by atoms with E-state index in [2.05, 4.69) is 31.1 Å². The van der Waals surface area contributed by atoms with Crippen LogP contribution in [0.3, 0.4) is 0 Å². The van der Waals surface area contributed by atoms with Crippen LogP contribution >= 0.6 is 0 Å². The molecule has 1 N–H and O–H groups in total. The number of ether oxygens (including phenoxy) is 1. The Balaban J connectivity index is 1.58. The largest absolute Gasteiger partial charge is 0.493 e. The van der Waals surface area contributed by atoms with Crippen LogP contribution in [0.1, 0.15) is 31.4 Å². The Labute approximate surface area is 185 Å². The summed E-state index contributed by atoms with van der Waals surface area (Å²) >= 11 is 0. The molecule has 0 radical (unpaired) electrons. The number of halogens is 1.